The van der Waals surface area contributed by atoms with Crippen molar-refractivity contribution in [3.63, 3.8) is 0 Å². The number of pyridine rings is 1. The number of benzene rings is 2. The number of esters is 1. The van der Waals surface area contributed by atoms with Crippen LogP contribution in [0.5, 0.6) is 0 Å². The second-order valence-corrected chi connectivity index (χ2v) is 8.92. The molecule has 0 aliphatic heterocycles. The minimum Gasteiger partial charge on any atom is -0.480 e. The first-order chi connectivity index (χ1) is 19.2. The highest BCUT2D eigenvalue weighted by Crippen LogP contribution is 2.30. The number of carboxylic acids is 1. The van der Waals surface area contributed by atoms with Gasteiger partial charge in [-0.3, -0.25) is 18.8 Å². The monoisotopic (exact) mass is 543 g/mol. The number of fused-ring (bicyclic) bond motifs is 1. The number of rotatable bonds is 11. The molecule has 2 aromatic heterocycles. The second-order valence-electron chi connectivity index (χ2n) is 8.92. The fourth-order valence-corrected chi connectivity index (χ4v) is 4.13. The lowest BCUT2D eigenvalue weighted by molar-refractivity contribution is -0.141. The smallest absolute Gasteiger partial charge is 0.326 e. The summed E-state index contributed by atoms with van der Waals surface area (Å²) in [5.41, 5.74) is 3.22. The molecule has 0 spiro atoms. The summed E-state index contributed by atoms with van der Waals surface area (Å²) in [4.78, 5) is 53.0. The Labute approximate surface area is 230 Å². The molecule has 2 amide bonds. The lowest BCUT2D eigenvalue weighted by atomic mass is 10.1. The number of carbonyl (C=O) groups excluding carboxylic acids is 3. The molecule has 0 saturated carbocycles. The predicted molar refractivity (Wildman–Crippen MR) is 149 cm³/mol. The minimum atomic E-state index is -1.14. The van der Waals surface area contributed by atoms with E-state index in [2.05, 4.69) is 20.9 Å². The van der Waals surface area contributed by atoms with Crippen LogP contribution >= 0.6 is 0 Å². The Morgan fingerprint density at radius 3 is 2.40 bits per heavy atom. The third kappa shape index (κ3) is 6.81. The van der Waals surface area contributed by atoms with E-state index in [1.54, 1.807) is 78.2 Å². The summed E-state index contributed by atoms with van der Waals surface area (Å²) in [6.07, 6.45) is 1.75. The van der Waals surface area contributed by atoms with Gasteiger partial charge in [0.2, 0.25) is 5.91 Å². The molecule has 1 unspecified atom stereocenters. The van der Waals surface area contributed by atoms with E-state index in [1.807, 2.05) is 6.07 Å². The Kier molecular flexibility index (Phi) is 8.75. The van der Waals surface area contributed by atoms with Crippen LogP contribution in [0.4, 0.5) is 11.5 Å². The fraction of sp³-hybridized carbons (Fsp3) is 0.207. The molecule has 2 heterocycles. The van der Waals surface area contributed by atoms with Crippen LogP contribution in [0.3, 0.4) is 0 Å². The van der Waals surface area contributed by atoms with Gasteiger partial charge in [-0.2, -0.15) is 0 Å². The highest BCUT2D eigenvalue weighted by molar-refractivity contribution is 5.97. The van der Waals surface area contributed by atoms with E-state index in [4.69, 9.17) is 4.74 Å². The van der Waals surface area contributed by atoms with E-state index in [-0.39, 0.29) is 31.0 Å². The largest absolute Gasteiger partial charge is 0.480 e. The number of anilines is 2. The van der Waals surface area contributed by atoms with E-state index < -0.39 is 23.9 Å². The van der Waals surface area contributed by atoms with Crippen molar-refractivity contribution in [2.24, 2.45) is 0 Å². The lowest BCUT2D eigenvalue weighted by Gasteiger charge is -2.15. The maximum Gasteiger partial charge on any atom is 0.326 e. The van der Waals surface area contributed by atoms with Gasteiger partial charge in [0.05, 0.1) is 6.61 Å². The Balaban J connectivity index is 1.64. The van der Waals surface area contributed by atoms with Gasteiger partial charge in [0.25, 0.3) is 5.91 Å². The molecular weight excluding hydrogens is 514 g/mol. The second kappa shape index (κ2) is 12.6. The van der Waals surface area contributed by atoms with Crippen LogP contribution in [-0.2, 0) is 25.5 Å². The van der Waals surface area contributed by atoms with Crippen molar-refractivity contribution in [3.05, 3.63) is 84.1 Å². The maximum absolute atomic E-state index is 13.0. The lowest BCUT2D eigenvalue weighted by Crippen LogP contribution is -2.42. The van der Waals surface area contributed by atoms with Crippen molar-refractivity contribution in [2.45, 2.75) is 26.3 Å². The summed E-state index contributed by atoms with van der Waals surface area (Å²) in [7, 11) is 0. The van der Waals surface area contributed by atoms with Gasteiger partial charge in [-0.25, -0.2) is 9.78 Å². The molecule has 0 fully saturated rings. The van der Waals surface area contributed by atoms with Crippen LogP contribution in [-0.4, -0.2) is 57.4 Å². The first-order valence-corrected chi connectivity index (χ1v) is 12.6. The molecule has 0 aliphatic rings. The number of amides is 2. The van der Waals surface area contributed by atoms with Crippen LogP contribution in [0.2, 0.25) is 0 Å². The summed E-state index contributed by atoms with van der Waals surface area (Å²) in [6, 6.07) is 18.0. The number of nitrogens with zero attached hydrogens (tertiary/aromatic N) is 2. The number of aromatic nitrogens is 2. The normalized spacial score (nSPS) is 11.4. The number of carbonyl (C=O) groups is 4. The molecule has 4 N–H and O–H groups in total. The van der Waals surface area contributed by atoms with Crippen molar-refractivity contribution >= 4 is 40.9 Å². The average molecular weight is 544 g/mol. The molecule has 4 rings (SSSR count). The van der Waals surface area contributed by atoms with Gasteiger partial charge in [-0.05, 0) is 36.8 Å². The summed E-state index contributed by atoms with van der Waals surface area (Å²) in [6.45, 7) is 3.27. The molecule has 206 valence electrons. The van der Waals surface area contributed by atoms with Gasteiger partial charge in [0, 0.05) is 36.4 Å². The van der Waals surface area contributed by atoms with Gasteiger partial charge < -0.3 is 25.8 Å². The third-order valence-electron chi connectivity index (χ3n) is 5.96. The van der Waals surface area contributed by atoms with Gasteiger partial charge in [-0.15, -0.1) is 0 Å². The maximum atomic E-state index is 13.0. The molecule has 0 aliphatic carbocycles. The molecule has 2 aromatic carbocycles. The number of carboxylic acid groups (broad SMARTS) is 1. The summed E-state index contributed by atoms with van der Waals surface area (Å²) >= 11 is 0. The van der Waals surface area contributed by atoms with Crippen molar-refractivity contribution in [1.82, 2.24) is 14.7 Å². The SMILES string of the molecule is CCOC(=O)CNc1c(-c2ccc(NC(C)=O)cc2)nc2cc(C(=O)NC(Cc3ccccc3)C(=O)O)ccn12. The molecule has 0 bridgehead atoms. The first kappa shape index (κ1) is 27.8. The highest BCUT2D eigenvalue weighted by Gasteiger charge is 2.22. The number of hydrogen-bond acceptors (Lipinski definition) is 7. The zero-order chi connectivity index (χ0) is 28.6. The molecule has 11 heteroatoms. The van der Waals surface area contributed by atoms with E-state index in [0.29, 0.717) is 28.4 Å². The number of imidazole rings is 1. The molecular formula is C29H29N5O6. The van der Waals surface area contributed by atoms with Crippen molar-refractivity contribution in [2.75, 3.05) is 23.8 Å². The summed E-state index contributed by atoms with van der Waals surface area (Å²) in [5, 5.41) is 18.0. The van der Waals surface area contributed by atoms with Crippen LogP contribution in [0.1, 0.15) is 29.8 Å². The quantitative estimate of drug-likeness (QED) is 0.210. The highest BCUT2D eigenvalue weighted by atomic mass is 16.5. The van der Waals surface area contributed by atoms with Gasteiger partial charge >= 0.3 is 11.9 Å². The molecule has 0 radical (unpaired) electrons. The molecule has 1 atom stereocenters. The van der Waals surface area contributed by atoms with E-state index >= 15 is 0 Å². The topological polar surface area (TPSA) is 151 Å². The van der Waals surface area contributed by atoms with Crippen LogP contribution in [0.15, 0.2) is 72.9 Å². The minimum absolute atomic E-state index is 0.110. The Morgan fingerprint density at radius 1 is 1.02 bits per heavy atom. The predicted octanol–water partition coefficient (Wildman–Crippen LogP) is 3.36. The van der Waals surface area contributed by atoms with E-state index in [0.717, 1.165) is 5.56 Å². The molecule has 0 saturated heterocycles. The number of nitrogens with one attached hydrogen (secondary N) is 3. The Bertz CT molecular complexity index is 1530. The molecule has 4 aromatic rings. The zero-order valence-corrected chi connectivity index (χ0v) is 22.0. The van der Waals surface area contributed by atoms with Gasteiger partial charge in [-0.1, -0.05) is 42.5 Å². The first-order valence-electron chi connectivity index (χ1n) is 12.6. The zero-order valence-electron chi connectivity index (χ0n) is 22.0. The molecule has 11 nitrogen and oxygen atoms in total. The summed E-state index contributed by atoms with van der Waals surface area (Å²) in [5.74, 6) is -1.85. The van der Waals surface area contributed by atoms with Crippen LogP contribution in [0.25, 0.3) is 16.9 Å². The van der Waals surface area contributed by atoms with Crippen molar-refractivity contribution < 1.29 is 29.0 Å². The van der Waals surface area contributed by atoms with Crippen molar-refractivity contribution in [3.8, 4) is 11.3 Å². The Hall–Kier alpha value is -5.19. The number of ether oxygens (including phenoxy) is 1. The van der Waals surface area contributed by atoms with E-state index in [9.17, 15) is 24.3 Å². The van der Waals surface area contributed by atoms with Crippen molar-refractivity contribution in [1.29, 1.82) is 0 Å². The van der Waals surface area contributed by atoms with E-state index in [1.165, 1.54) is 6.92 Å². The molecule has 40 heavy (non-hydrogen) atoms. The standard InChI is InChI=1S/C29H29N5O6/c1-3-40-25(36)17-30-27-26(20-9-11-22(12-10-20)31-18(2)35)33-24-16-21(13-14-34(24)27)28(37)32-23(29(38)39)15-19-7-5-4-6-8-19/h4-14,16,23,30H,3,15,17H2,1-2H3,(H,31,35)(H,32,37)(H,38,39). The fourth-order valence-electron chi connectivity index (χ4n) is 4.13. The third-order valence-corrected chi connectivity index (χ3v) is 5.96. The van der Waals surface area contributed by atoms with Crippen LogP contribution < -0.4 is 16.0 Å². The van der Waals surface area contributed by atoms with Gasteiger partial charge in [0.1, 0.15) is 29.7 Å². The number of aliphatic carboxylic acids is 1. The van der Waals surface area contributed by atoms with Crippen LogP contribution in [0, 0.1) is 0 Å². The summed E-state index contributed by atoms with van der Waals surface area (Å²) < 4.78 is 6.71. The Morgan fingerprint density at radius 2 is 1.75 bits per heavy atom. The van der Waals surface area contributed by atoms with Gasteiger partial charge in [0.15, 0.2) is 0 Å². The number of hydrogen-bond donors (Lipinski definition) is 4. The average Bonchev–Trinajstić information content (AvgIpc) is 3.30.